The molecule has 1 aliphatic heterocycles. The number of hydrogen-bond donors (Lipinski definition) is 1. The van der Waals surface area contributed by atoms with Crippen LogP contribution in [0.25, 0.3) is 0 Å². The number of rotatable bonds is 11. The smallest absolute Gasteiger partial charge is 0.205 e. The summed E-state index contributed by atoms with van der Waals surface area (Å²) in [7, 11) is 1.52. The third-order valence-electron chi connectivity index (χ3n) is 5.39. The van der Waals surface area contributed by atoms with Crippen molar-refractivity contribution in [3.63, 3.8) is 0 Å². The number of aryl methyl sites for hydroxylation is 1. The lowest BCUT2D eigenvalue weighted by Crippen LogP contribution is -2.51. The number of Topliss-reactive ketones (excluding diaryl/α,β-unsaturated/α-hetero) is 1. The van der Waals surface area contributed by atoms with E-state index < -0.39 is 0 Å². The zero-order chi connectivity index (χ0) is 22.4. The van der Waals surface area contributed by atoms with Gasteiger partial charge in [-0.15, -0.1) is 0 Å². The number of hydrogen-bond acceptors (Lipinski definition) is 6. The van der Waals surface area contributed by atoms with E-state index in [4.69, 9.17) is 25.8 Å². The molecule has 0 aromatic heterocycles. The highest BCUT2D eigenvalue weighted by Crippen LogP contribution is 2.48. The molecule has 0 spiro atoms. The molecular weight excluding hydrogens is 418 g/mol. The van der Waals surface area contributed by atoms with Crippen LogP contribution in [-0.4, -0.2) is 61.9 Å². The van der Waals surface area contributed by atoms with E-state index in [0.717, 1.165) is 12.8 Å². The number of carbonyl (C=O) groups excluding carboxylic acids is 1. The first-order valence-corrected chi connectivity index (χ1v) is 10.9. The van der Waals surface area contributed by atoms with Crippen LogP contribution >= 0.6 is 11.6 Å². The van der Waals surface area contributed by atoms with Gasteiger partial charge in [-0.1, -0.05) is 41.9 Å². The fourth-order valence-electron chi connectivity index (χ4n) is 3.74. The summed E-state index contributed by atoms with van der Waals surface area (Å²) in [4.78, 5) is 14.5. The van der Waals surface area contributed by atoms with E-state index in [1.807, 2.05) is 18.2 Å². The number of methoxy groups -OCH3 is 1. The molecule has 0 atom stereocenters. The largest absolute Gasteiger partial charge is 0.491 e. The first-order chi connectivity index (χ1) is 14.9. The summed E-state index contributed by atoms with van der Waals surface area (Å²) in [6.07, 6.45) is 1.39. The van der Waals surface area contributed by atoms with Crippen LogP contribution in [-0.2, 0) is 6.42 Å². The van der Waals surface area contributed by atoms with Crippen molar-refractivity contribution < 1.29 is 24.1 Å². The Bertz CT molecular complexity index is 897. The van der Waals surface area contributed by atoms with Crippen molar-refractivity contribution in [2.75, 3.05) is 40.0 Å². The molecule has 1 aliphatic rings. The molecule has 2 aromatic rings. The number of aliphatic hydroxyl groups is 1. The van der Waals surface area contributed by atoms with Gasteiger partial charge in [-0.2, -0.15) is 0 Å². The molecule has 0 amide bonds. The highest BCUT2D eigenvalue weighted by atomic mass is 35.5. The number of benzene rings is 2. The minimum atomic E-state index is -0.269. The lowest BCUT2D eigenvalue weighted by Gasteiger charge is -2.35. The molecule has 0 unspecified atom stereocenters. The first kappa shape index (κ1) is 23.4. The van der Waals surface area contributed by atoms with E-state index in [9.17, 15) is 9.90 Å². The molecule has 6 nitrogen and oxygen atoms in total. The highest BCUT2D eigenvalue weighted by molar-refractivity contribution is 6.34. The Morgan fingerprint density at radius 2 is 1.81 bits per heavy atom. The molecule has 1 heterocycles. The van der Waals surface area contributed by atoms with Gasteiger partial charge in [0.25, 0.3) is 0 Å². The van der Waals surface area contributed by atoms with E-state index in [1.54, 1.807) is 6.92 Å². The van der Waals surface area contributed by atoms with Gasteiger partial charge in [0.1, 0.15) is 6.61 Å². The monoisotopic (exact) mass is 447 g/mol. The molecule has 1 saturated heterocycles. The van der Waals surface area contributed by atoms with E-state index in [0.29, 0.717) is 66.2 Å². The van der Waals surface area contributed by atoms with Crippen LogP contribution in [0.2, 0.25) is 5.02 Å². The van der Waals surface area contributed by atoms with Gasteiger partial charge in [0.05, 0.1) is 30.4 Å². The summed E-state index contributed by atoms with van der Waals surface area (Å²) >= 11 is 6.51. The molecule has 168 valence electrons. The number of β-amino-alcohol motifs (C(OH)–C–C–N with tert-alkyl or cyclic N) is 1. The summed E-state index contributed by atoms with van der Waals surface area (Å²) < 4.78 is 17.7. The second kappa shape index (κ2) is 10.8. The average molecular weight is 448 g/mol. The Balaban J connectivity index is 1.78. The molecular formula is C24H30ClNO5. The highest BCUT2D eigenvalue weighted by Gasteiger charge is 2.28. The predicted molar refractivity (Wildman–Crippen MR) is 121 cm³/mol. The van der Waals surface area contributed by atoms with Gasteiger partial charge in [-0.25, -0.2) is 0 Å². The van der Waals surface area contributed by atoms with Crippen molar-refractivity contribution in [1.29, 1.82) is 0 Å². The van der Waals surface area contributed by atoms with Gasteiger partial charge in [-0.05, 0) is 37.8 Å². The van der Waals surface area contributed by atoms with Crippen LogP contribution in [0.1, 0.15) is 34.8 Å². The van der Waals surface area contributed by atoms with Crippen molar-refractivity contribution in [3.05, 3.63) is 52.0 Å². The Kier molecular flexibility index (Phi) is 8.18. The summed E-state index contributed by atoms with van der Waals surface area (Å²) in [5.74, 6) is 0.954. The molecule has 1 N–H and O–H groups in total. The van der Waals surface area contributed by atoms with Crippen LogP contribution in [0.15, 0.2) is 30.3 Å². The Morgan fingerprint density at radius 1 is 1.13 bits per heavy atom. The van der Waals surface area contributed by atoms with Crippen molar-refractivity contribution in [2.45, 2.75) is 32.8 Å². The normalized spacial score (nSPS) is 14.2. The van der Waals surface area contributed by atoms with Crippen LogP contribution < -0.4 is 14.2 Å². The van der Waals surface area contributed by atoms with Crippen LogP contribution in [0.3, 0.4) is 0 Å². The number of nitrogens with zero attached hydrogens (tertiary/aromatic N) is 1. The molecule has 3 rings (SSSR count). The summed E-state index contributed by atoms with van der Waals surface area (Å²) in [5, 5.41) is 9.81. The third-order valence-corrected chi connectivity index (χ3v) is 5.85. The van der Waals surface area contributed by atoms with Gasteiger partial charge in [0, 0.05) is 19.6 Å². The molecule has 31 heavy (non-hydrogen) atoms. The second-order valence-electron chi connectivity index (χ2n) is 7.76. The van der Waals surface area contributed by atoms with Crippen LogP contribution in [0.5, 0.6) is 17.2 Å². The number of ether oxygens (including phenoxy) is 3. The lowest BCUT2D eigenvalue weighted by atomic mass is 10.0. The standard InChI is InChI=1S/C24H30ClNO5/c1-16-20(17(2)27)22(31-13-11-26-14-19(28)15-26)24(23(29-3)21(16)25)30-12-7-10-18-8-5-4-6-9-18/h4-6,8-9,19,28H,7,10-15H2,1-3H3. The summed E-state index contributed by atoms with van der Waals surface area (Å²) in [5.41, 5.74) is 2.25. The SMILES string of the molecule is COc1c(Cl)c(C)c(C(C)=O)c(OCCN2CC(O)C2)c1OCCCc1ccccc1. The topological polar surface area (TPSA) is 68.2 Å². The summed E-state index contributed by atoms with van der Waals surface area (Å²) in [6.45, 7) is 5.96. The zero-order valence-electron chi connectivity index (χ0n) is 18.3. The maximum absolute atomic E-state index is 12.4. The number of aliphatic hydroxyl groups excluding tert-OH is 1. The van der Waals surface area contributed by atoms with Gasteiger partial charge in [0.2, 0.25) is 5.75 Å². The van der Waals surface area contributed by atoms with Crippen LogP contribution in [0, 0.1) is 6.92 Å². The summed E-state index contributed by atoms with van der Waals surface area (Å²) in [6, 6.07) is 10.2. The maximum Gasteiger partial charge on any atom is 0.205 e. The molecule has 0 radical (unpaired) electrons. The van der Waals surface area contributed by atoms with E-state index in [1.165, 1.54) is 19.6 Å². The average Bonchev–Trinajstić information content (AvgIpc) is 2.73. The van der Waals surface area contributed by atoms with Crippen molar-refractivity contribution in [2.24, 2.45) is 0 Å². The van der Waals surface area contributed by atoms with Gasteiger partial charge < -0.3 is 19.3 Å². The number of ketones is 1. The van der Waals surface area contributed by atoms with Crippen molar-refractivity contribution in [3.8, 4) is 17.2 Å². The van der Waals surface area contributed by atoms with Gasteiger partial charge >= 0.3 is 0 Å². The molecule has 1 fully saturated rings. The Morgan fingerprint density at radius 3 is 2.42 bits per heavy atom. The van der Waals surface area contributed by atoms with E-state index >= 15 is 0 Å². The fourth-order valence-corrected chi connectivity index (χ4v) is 4.00. The molecule has 0 saturated carbocycles. The second-order valence-corrected chi connectivity index (χ2v) is 8.14. The Labute approximate surface area is 188 Å². The molecule has 7 heteroatoms. The predicted octanol–water partition coefficient (Wildman–Crippen LogP) is 3.93. The van der Waals surface area contributed by atoms with Gasteiger partial charge in [0.15, 0.2) is 17.3 Å². The van der Waals surface area contributed by atoms with E-state index in [-0.39, 0.29) is 11.9 Å². The lowest BCUT2D eigenvalue weighted by molar-refractivity contribution is -0.00408. The Hall–Kier alpha value is -2.28. The third kappa shape index (κ3) is 5.70. The number of halogens is 1. The maximum atomic E-state index is 12.4. The molecule has 2 aromatic carbocycles. The molecule has 0 aliphatic carbocycles. The minimum absolute atomic E-state index is 0.148. The minimum Gasteiger partial charge on any atom is -0.491 e. The number of carbonyl (C=O) groups is 1. The quantitative estimate of drug-likeness (QED) is 0.416. The zero-order valence-corrected chi connectivity index (χ0v) is 19.1. The molecule has 0 bridgehead atoms. The van der Waals surface area contributed by atoms with Crippen molar-refractivity contribution >= 4 is 17.4 Å². The van der Waals surface area contributed by atoms with E-state index in [2.05, 4.69) is 17.0 Å². The van der Waals surface area contributed by atoms with Gasteiger partial charge in [-0.3, -0.25) is 9.69 Å². The fraction of sp³-hybridized carbons (Fsp3) is 0.458. The van der Waals surface area contributed by atoms with Crippen LogP contribution in [0.4, 0.5) is 0 Å². The first-order valence-electron chi connectivity index (χ1n) is 10.5. The van der Waals surface area contributed by atoms with Crippen molar-refractivity contribution in [1.82, 2.24) is 4.90 Å². The number of likely N-dealkylation sites (tertiary alicyclic amines) is 1.